The molecule has 382 valence electrons. The Kier molecular flexibility index (Phi) is 13.9. The highest BCUT2D eigenvalue weighted by molar-refractivity contribution is 7.22. The number of imide groups is 1. The highest BCUT2D eigenvalue weighted by Crippen LogP contribution is 2.38. The van der Waals surface area contributed by atoms with Gasteiger partial charge in [0.15, 0.2) is 10.8 Å². The van der Waals surface area contributed by atoms with E-state index < -0.39 is 11.9 Å². The number of rotatable bonds is 14. The Balaban J connectivity index is 0.657. The van der Waals surface area contributed by atoms with Crippen LogP contribution in [0.15, 0.2) is 91.0 Å². The summed E-state index contributed by atoms with van der Waals surface area (Å²) in [7, 11) is 1.92. The Labute approximate surface area is 434 Å². The number of ether oxygens (including phenoxy) is 1. The van der Waals surface area contributed by atoms with Gasteiger partial charge >= 0.3 is 5.97 Å². The molecule has 0 radical (unpaired) electrons. The van der Waals surface area contributed by atoms with E-state index in [9.17, 15) is 24.3 Å². The van der Waals surface area contributed by atoms with Crippen LogP contribution in [0.5, 0.6) is 5.75 Å². The van der Waals surface area contributed by atoms with Crippen molar-refractivity contribution < 1.29 is 29.0 Å². The number of anilines is 3. The molecule has 6 heterocycles. The Morgan fingerprint density at radius 3 is 2.47 bits per heavy atom. The van der Waals surface area contributed by atoms with Crippen molar-refractivity contribution in [3.05, 3.63) is 125 Å². The minimum absolute atomic E-state index is 0.0176. The fourth-order valence-corrected chi connectivity index (χ4v) is 12.6. The fraction of sp³-hybridized carbons (Fsp3) is 0.397. The fourth-order valence-electron chi connectivity index (χ4n) is 11.8. The van der Waals surface area contributed by atoms with Crippen LogP contribution in [-0.4, -0.2) is 98.8 Å². The van der Waals surface area contributed by atoms with E-state index in [1.807, 2.05) is 85.4 Å². The van der Waals surface area contributed by atoms with Gasteiger partial charge in [0.05, 0.1) is 33.4 Å². The van der Waals surface area contributed by atoms with Crippen molar-refractivity contribution in [2.75, 3.05) is 54.4 Å². The molecule has 2 atom stereocenters. The summed E-state index contributed by atoms with van der Waals surface area (Å²) in [5.41, 5.74) is 8.52. The predicted molar refractivity (Wildman–Crippen MR) is 289 cm³/mol. The lowest BCUT2D eigenvalue weighted by Gasteiger charge is -2.37. The molecule has 4 aliphatic rings. The number of piperidine rings is 1. The largest absolute Gasteiger partial charge is 0.490 e. The number of pyridine rings is 1. The summed E-state index contributed by atoms with van der Waals surface area (Å²) >= 11 is 1.44. The first-order valence-corrected chi connectivity index (χ1v) is 27.0. The molecule has 3 aliphatic heterocycles. The molecule has 2 unspecified atom stereocenters. The number of nitrogens with zero attached hydrogens (tertiary/aromatic N) is 7. The third-order valence-corrected chi connectivity index (χ3v) is 16.9. The first-order chi connectivity index (χ1) is 35.9. The van der Waals surface area contributed by atoms with E-state index in [4.69, 9.17) is 14.8 Å². The molecular formula is C58H63N9O6S. The van der Waals surface area contributed by atoms with E-state index in [2.05, 4.69) is 61.5 Å². The number of hydrogen-bond donors (Lipinski definition) is 3. The molecule has 3 amide bonds. The smallest absolute Gasteiger partial charge is 0.355 e. The number of aromatic carboxylic acids is 1. The van der Waals surface area contributed by atoms with Gasteiger partial charge in [-0.3, -0.25) is 34.6 Å². The Morgan fingerprint density at radius 2 is 1.68 bits per heavy atom. The lowest BCUT2D eigenvalue weighted by atomic mass is 9.83. The van der Waals surface area contributed by atoms with Gasteiger partial charge in [0.25, 0.3) is 5.91 Å². The number of benzene rings is 4. The Bertz CT molecular complexity index is 3250. The van der Waals surface area contributed by atoms with Crippen molar-refractivity contribution in [3.63, 3.8) is 0 Å². The molecule has 15 nitrogen and oxygen atoms in total. The van der Waals surface area contributed by atoms with Crippen LogP contribution in [0.4, 0.5) is 16.6 Å². The highest BCUT2D eigenvalue weighted by atomic mass is 32.1. The van der Waals surface area contributed by atoms with Gasteiger partial charge in [-0.15, -0.1) is 0 Å². The number of carbonyl (C=O) groups excluding carboxylic acids is 3. The van der Waals surface area contributed by atoms with Gasteiger partial charge in [-0.2, -0.15) is 5.10 Å². The van der Waals surface area contributed by atoms with Gasteiger partial charge in [0, 0.05) is 81.5 Å². The van der Waals surface area contributed by atoms with Crippen LogP contribution in [-0.2, 0) is 29.6 Å². The molecule has 7 aromatic rings. The van der Waals surface area contributed by atoms with Crippen molar-refractivity contribution >= 4 is 72.8 Å². The van der Waals surface area contributed by atoms with Crippen molar-refractivity contribution in [2.45, 2.75) is 90.2 Å². The molecule has 3 fully saturated rings. The molecule has 3 aromatic heterocycles. The summed E-state index contributed by atoms with van der Waals surface area (Å²) in [5.74, 6) is 0.412. The minimum atomic E-state index is -1.10. The number of amides is 3. The standard InChI is InChI=1S/C58H63N9O6S/c1-35(33-65-28-30-66(31-29-65)39-18-21-44-48(32-39)64(3)63-53(44)45-23-25-52(68)61-56(45)70)14-15-37-16-19-40(20-17-37)73-49-12-7-9-41(36(49)2)42-22-24-51(60-54(42)57(71)72)67-27-26-38-8-6-10-43(46(38)34-67)55(69)62-58-59-47-11-4-5-13-50(47)74-58/h4-13,18,21-22,24,32,35,37,40,45H,14-17,19-20,23,25-31,33-34H2,1-3H3,(H,71,72)(H,59,62,69)(H,61,68,70). The summed E-state index contributed by atoms with van der Waals surface area (Å²) in [4.78, 5) is 67.4. The first-order valence-electron chi connectivity index (χ1n) is 26.2. The van der Waals surface area contributed by atoms with E-state index in [1.54, 1.807) is 0 Å². The summed E-state index contributed by atoms with van der Waals surface area (Å²) in [6, 6.07) is 29.6. The first kappa shape index (κ1) is 49.1. The summed E-state index contributed by atoms with van der Waals surface area (Å²) in [5, 5.41) is 22.3. The number of carbonyl (C=O) groups is 4. The average Bonchev–Trinajstić information content (AvgIpc) is 3.97. The number of nitrogens with one attached hydrogen (secondary N) is 2. The molecule has 3 N–H and O–H groups in total. The molecule has 4 aromatic carbocycles. The maximum absolute atomic E-state index is 13.7. The summed E-state index contributed by atoms with van der Waals surface area (Å²) < 4.78 is 9.57. The van der Waals surface area contributed by atoms with Gasteiger partial charge < -0.3 is 19.6 Å². The second kappa shape index (κ2) is 21.0. The summed E-state index contributed by atoms with van der Waals surface area (Å²) in [6.07, 6.45) is 8.31. The van der Waals surface area contributed by atoms with Crippen molar-refractivity contribution in [3.8, 4) is 16.9 Å². The molecule has 2 saturated heterocycles. The Morgan fingerprint density at radius 1 is 0.865 bits per heavy atom. The lowest BCUT2D eigenvalue weighted by molar-refractivity contribution is -0.134. The van der Waals surface area contributed by atoms with Gasteiger partial charge in [-0.1, -0.05) is 61.1 Å². The number of carboxylic acid groups (broad SMARTS) is 1. The van der Waals surface area contributed by atoms with Crippen molar-refractivity contribution in [1.29, 1.82) is 0 Å². The number of carboxylic acids is 1. The number of para-hydroxylation sites is 1. The molecule has 1 saturated carbocycles. The maximum Gasteiger partial charge on any atom is 0.355 e. The SMILES string of the molecule is Cc1c(OC2CCC(CCC(C)CN3CCN(c4ccc5c(C6CCC(=O)NC6=O)nn(C)c5c4)CC3)CC2)cccc1-c1ccc(N2CCc3cccc(C(=O)Nc4nc5ccccc5s4)c3C2)nc1C(=O)O. The third kappa shape index (κ3) is 10.2. The van der Waals surface area contributed by atoms with Gasteiger partial charge in [-0.25, -0.2) is 14.8 Å². The van der Waals surface area contributed by atoms with E-state index in [1.165, 1.54) is 29.9 Å². The van der Waals surface area contributed by atoms with Crippen LogP contribution in [0.2, 0.25) is 0 Å². The van der Waals surface area contributed by atoms with Gasteiger partial charge in [0.2, 0.25) is 11.8 Å². The topological polar surface area (TPSA) is 175 Å². The number of piperazine rings is 1. The van der Waals surface area contributed by atoms with E-state index in [-0.39, 0.29) is 29.5 Å². The van der Waals surface area contributed by atoms with Crippen LogP contribution >= 0.6 is 11.3 Å². The van der Waals surface area contributed by atoms with E-state index in [0.29, 0.717) is 66.3 Å². The highest BCUT2D eigenvalue weighted by Gasteiger charge is 2.33. The second-order valence-electron chi connectivity index (χ2n) is 20.8. The zero-order valence-electron chi connectivity index (χ0n) is 42.3. The van der Waals surface area contributed by atoms with E-state index in [0.717, 1.165) is 113 Å². The van der Waals surface area contributed by atoms with Gasteiger partial charge in [-0.05, 0) is 141 Å². The monoisotopic (exact) mass is 1010 g/mol. The van der Waals surface area contributed by atoms with E-state index >= 15 is 0 Å². The Hall–Kier alpha value is -7.17. The molecular weight excluding hydrogens is 951 g/mol. The lowest BCUT2D eigenvalue weighted by Crippen LogP contribution is -2.47. The molecule has 16 heteroatoms. The molecule has 74 heavy (non-hydrogen) atoms. The number of fused-ring (bicyclic) bond motifs is 3. The van der Waals surface area contributed by atoms with Crippen LogP contribution in [0.25, 0.3) is 32.2 Å². The molecule has 1 aliphatic carbocycles. The van der Waals surface area contributed by atoms with Crippen LogP contribution < -0.4 is 25.2 Å². The van der Waals surface area contributed by atoms with Crippen molar-refractivity contribution in [2.24, 2.45) is 18.9 Å². The second-order valence-corrected chi connectivity index (χ2v) is 21.8. The molecule has 0 bridgehead atoms. The predicted octanol–water partition coefficient (Wildman–Crippen LogP) is 9.76. The summed E-state index contributed by atoms with van der Waals surface area (Å²) in [6.45, 7) is 10.5. The zero-order chi connectivity index (χ0) is 51.0. The number of thiazole rings is 1. The maximum atomic E-state index is 13.7. The third-order valence-electron chi connectivity index (χ3n) is 15.9. The minimum Gasteiger partial charge on any atom is -0.490 e. The normalized spacial score (nSPS) is 19.9. The number of aryl methyl sites for hydroxylation is 1. The van der Waals surface area contributed by atoms with Crippen LogP contribution in [0, 0.1) is 18.8 Å². The molecule has 11 rings (SSSR count). The zero-order valence-corrected chi connectivity index (χ0v) is 43.1. The van der Waals surface area contributed by atoms with Crippen molar-refractivity contribution in [1.82, 2.24) is 30.0 Å². The molecule has 0 spiro atoms. The number of aromatic nitrogens is 4. The van der Waals surface area contributed by atoms with Gasteiger partial charge in [0.1, 0.15) is 11.6 Å². The van der Waals surface area contributed by atoms with Crippen LogP contribution in [0.1, 0.15) is 107 Å². The average molecular weight is 1010 g/mol. The number of hydrogen-bond acceptors (Lipinski definition) is 12. The quantitative estimate of drug-likeness (QED) is 0.0882. The van der Waals surface area contributed by atoms with Crippen LogP contribution in [0.3, 0.4) is 0 Å².